The minimum atomic E-state index is -3.47. The molecule has 1 aromatic carbocycles. The van der Waals surface area contributed by atoms with E-state index >= 15 is 0 Å². The average Bonchev–Trinajstić information content (AvgIpc) is 2.54. The highest BCUT2D eigenvalue weighted by Gasteiger charge is 2.40. The van der Waals surface area contributed by atoms with Gasteiger partial charge >= 0.3 is 6.11 Å². The molecule has 0 bridgehead atoms. The molecule has 0 spiro atoms. The third-order valence-electron chi connectivity index (χ3n) is 4.32. The first-order valence-corrected chi connectivity index (χ1v) is 10.8. The summed E-state index contributed by atoms with van der Waals surface area (Å²) in [5.41, 5.74) is -0.606. The van der Waals surface area contributed by atoms with Crippen molar-refractivity contribution in [2.45, 2.75) is 68.6 Å². The van der Waals surface area contributed by atoms with Crippen LogP contribution < -0.4 is 4.74 Å². The molecule has 0 fully saturated rings. The van der Waals surface area contributed by atoms with Crippen LogP contribution in [0.3, 0.4) is 0 Å². The Kier molecular flexibility index (Phi) is 9.84. The first-order valence-electron chi connectivity index (χ1n) is 8.51. The number of hydrogen-bond donors (Lipinski definition) is 0. The molecular formula is C18H26ClF3IOP. The SMILES string of the molecule is CCCC(CCCC(P)C(F)(F)Oc1ccc(C)c(Cl)c1F)C(C)I. The van der Waals surface area contributed by atoms with Crippen molar-refractivity contribution in [2.24, 2.45) is 5.92 Å². The standard InChI is InChI=1S/C18H26ClF3IOP/c1-4-6-13(12(3)23)7-5-8-15(25)18(21,22)24-14-10-9-11(2)16(19)17(14)20/h9-10,12-13,15H,4-8,25H2,1-3H3. The Labute approximate surface area is 169 Å². The normalized spacial score (nSPS) is 15.7. The summed E-state index contributed by atoms with van der Waals surface area (Å²) >= 11 is 8.16. The van der Waals surface area contributed by atoms with Gasteiger partial charge in [-0.2, -0.15) is 8.78 Å². The molecule has 144 valence electrons. The number of aryl methyl sites for hydroxylation is 1. The van der Waals surface area contributed by atoms with E-state index in [9.17, 15) is 13.2 Å². The van der Waals surface area contributed by atoms with Crippen molar-refractivity contribution in [3.63, 3.8) is 0 Å². The Balaban J connectivity index is 2.64. The molecule has 4 unspecified atom stereocenters. The lowest BCUT2D eigenvalue weighted by Gasteiger charge is -2.25. The van der Waals surface area contributed by atoms with Crippen LogP contribution in [0, 0.1) is 18.7 Å². The number of alkyl halides is 3. The van der Waals surface area contributed by atoms with Crippen molar-refractivity contribution in [3.8, 4) is 5.75 Å². The van der Waals surface area contributed by atoms with Gasteiger partial charge in [-0.25, -0.2) is 4.39 Å². The predicted octanol–water partition coefficient (Wildman–Crippen LogP) is 7.41. The van der Waals surface area contributed by atoms with Crippen LogP contribution in [0.5, 0.6) is 5.75 Å². The van der Waals surface area contributed by atoms with E-state index in [4.69, 9.17) is 11.6 Å². The van der Waals surface area contributed by atoms with Gasteiger partial charge in [-0.05, 0) is 43.7 Å². The topological polar surface area (TPSA) is 9.23 Å². The number of ether oxygens (including phenoxy) is 1. The summed E-state index contributed by atoms with van der Waals surface area (Å²) in [6.45, 7) is 5.89. The van der Waals surface area contributed by atoms with Gasteiger partial charge in [-0.1, -0.05) is 66.9 Å². The molecule has 7 heteroatoms. The third kappa shape index (κ3) is 7.06. The molecule has 0 aromatic heterocycles. The van der Waals surface area contributed by atoms with Crippen LogP contribution in [-0.2, 0) is 0 Å². The zero-order chi connectivity index (χ0) is 19.2. The molecular weight excluding hydrogens is 483 g/mol. The highest BCUT2D eigenvalue weighted by Crippen LogP contribution is 2.36. The molecule has 1 nitrogen and oxygen atoms in total. The van der Waals surface area contributed by atoms with Crippen molar-refractivity contribution >= 4 is 43.4 Å². The van der Waals surface area contributed by atoms with E-state index in [2.05, 4.69) is 50.4 Å². The van der Waals surface area contributed by atoms with Crippen LogP contribution in [-0.4, -0.2) is 15.7 Å². The minimum Gasteiger partial charge on any atom is -0.429 e. The van der Waals surface area contributed by atoms with Gasteiger partial charge in [0.1, 0.15) is 0 Å². The lowest BCUT2D eigenvalue weighted by molar-refractivity contribution is -0.178. The van der Waals surface area contributed by atoms with Gasteiger partial charge in [0.05, 0.1) is 10.7 Å². The molecule has 0 heterocycles. The van der Waals surface area contributed by atoms with Gasteiger partial charge in [0.25, 0.3) is 0 Å². The lowest BCUT2D eigenvalue weighted by Crippen LogP contribution is -2.35. The first-order chi connectivity index (χ1) is 11.6. The third-order valence-corrected chi connectivity index (χ3v) is 6.52. The Morgan fingerprint density at radius 2 is 1.92 bits per heavy atom. The van der Waals surface area contributed by atoms with E-state index in [1.807, 2.05) is 0 Å². The van der Waals surface area contributed by atoms with Crippen LogP contribution >= 0.6 is 43.4 Å². The second-order valence-electron chi connectivity index (χ2n) is 6.44. The van der Waals surface area contributed by atoms with Crippen LogP contribution in [0.25, 0.3) is 0 Å². The van der Waals surface area contributed by atoms with Gasteiger partial charge in [0.2, 0.25) is 0 Å². The van der Waals surface area contributed by atoms with E-state index in [1.54, 1.807) is 6.92 Å². The number of benzene rings is 1. The molecule has 0 aliphatic heterocycles. The predicted molar refractivity (Wildman–Crippen MR) is 111 cm³/mol. The van der Waals surface area contributed by atoms with Gasteiger partial charge in [-0.3, -0.25) is 0 Å². The Morgan fingerprint density at radius 1 is 1.28 bits per heavy atom. The number of halogens is 5. The van der Waals surface area contributed by atoms with Crippen molar-refractivity contribution in [2.75, 3.05) is 0 Å². The fourth-order valence-electron chi connectivity index (χ4n) is 2.67. The van der Waals surface area contributed by atoms with Crippen molar-refractivity contribution in [1.82, 2.24) is 0 Å². The van der Waals surface area contributed by atoms with Gasteiger partial charge in [0, 0.05) is 3.92 Å². The van der Waals surface area contributed by atoms with Crippen LogP contribution in [0.2, 0.25) is 5.02 Å². The molecule has 0 aliphatic rings. The Bertz CT molecular complexity index is 557. The average molecular weight is 509 g/mol. The van der Waals surface area contributed by atoms with E-state index in [0.717, 1.165) is 19.3 Å². The summed E-state index contributed by atoms with van der Waals surface area (Å²) < 4.78 is 47.8. The van der Waals surface area contributed by atoms with Crippen LogP contribution in [0.4, 0.5) is 13.2 Å². The van der Waals surface area contributed by atoms with E-state index in [-0.39, 0.29) is 5.02 Å². The van der Waals surface area contributed by atoms with Crippen molar-refractivity contribution in [3.05, 3.63) is 28.5 Å². The number of hydrogen-bond acceptors (Lipinski definition) is 1. The summed E-state index contributed by atoms with van der Waals surface area (Å²) in [5.74, 6) is -0.927. The monoisotopic (exact) mass is 508 g/mol. The summed E-state index contributed by atoms with van der Waals surface area (Å²) in [6.07, 6.45) is 0.606. The Morgan fingerprint density at radius 3 is 2.48 bits per heavy atom. The van der Waals surface area contributed by atoms with E-state index in [0.29, 0.717) is 28.2 Å². The highest BCUT2D eigenvalue weighted by molar-refractivity contribution is 14.1. The van der Waals surface area contributed by atoms with Crippen molar-refractivity contribution in [1.29, 1.82) is 0 Å². The van der Waals surface area contributed by atoms with Gasteiger partial charge in [-0.15, -0.1) is 9.24 Å². The molecule has 0 saturated carbocycles. The fourth-order valence-corrected chi connectivity index (χ4v) is 3.85. The quantitative estimate of drug-likeness (QED) is 0.182. The second kappa shape index (κ2) is 10.6. The second-order valence-corrected chi connectivity index (χ2v) is 9.58. The largest absolute Gasteiger partial charge is 0.429 e. The molecule has 0 radical (unpaired) electrons. The maximum atomic E-state index is 14.3. The lowest BCUT2D eigenvalue weighted by atomic mass is 9.94. The molecule has 0 amide bonds. The van der Waals surface area contributed by atoms with Crippen LogP contribution in [0.15, 0.2) is 12.1 Å². The molecule has 0 saturated heterocycles. The molecule has 0 aliphatic carbocycles. The smallest absolute Gasteiger partial charge is 0.404 e. The molecule has 1 rings (SSSR count). The van der Waals surface area contributed by atoms with E-state index in [1.165, 1.54) is 12.1 Å². The number of rotatable bonds is 10. The summed E-state index contributed by atoms with van der Waals surface area (Å²) in [4.78, 5) is 0. The maximum absolute atomic E-state index is 14.3. The zero-order valence-corrected chi connectivity index (χ0v) is 18.9. The molecule has 1 aromatic rings. The van der Waals surface area contributed by atoms with Gasteiger partial charge < -0.3 is 4.74 Å². The maximum Gasteiger partial charge on any atom is 0.404 e. The first kappa shape index (κ1) is 23.3. The van der Waals surface area contributed by atoms with E-state index < -0.39 is 23.3 Å². The zero-order valence-electron chi connectivity index (χ0n) is 14.8. The van der Waals surface area contributed by atoms with Gasteiger partial charge in [0.15, 0.2) is 11.6 Å². The highest BCUT2D eigenvalue weighted by atomic mass is 127. The summed E-state index contributed by atoms with van der Waals surface area (Å²) in [5, 5.41) is -0.188. The molecule has 0 N–H and O–H groups in total. The molecule has 25 heavy (non-hydrogen) atoms. The fraction of sp³-hybridized carbons (Fsp3) is 0.667. The summed E-state index contributed by atoms with van der Waals surface area (Å²) in [6, 6.07) is 2.66. The minimum absolute atomic E-state index is 0.188. The molecule has 4 atom stereocenters. The Hall–Kier alpha value is 0.260. The van der Waals surface area contributed by atoms with Crippen molar-refractivity contribution < 1.29 is 17.9 Å². The summed E-state index contributed by atoms with van der Waals surface area (Å²) in [7, 11) is 2.14. The van der Waals surface area contributed by atoms with Crippen LogP contribution in [0.1, 0.15) is 51.5 Å².